The standard InChI is InChI=1S/C21H19Cl2N5O2/c1-13(21-17(22)10-24-11-18(21)23)30-15-3-5-20-16(8-15)19(26-27-20)4-2-14-9-25-28(12-14)6-7-29/h2-5,8-13,29H,6-7H2,1H3,(H,26,27)/t13-/m1/s1. The number of aromatic amines is 1. The van der Waals surface area contributed by atoms with Crippen molar-refractivity contribution in [1.82, 2.24) is 25.0 Å². The minimum absolute atomic E-state index is 0.0476. The third kappa shape index (κ3) is 4.33. The molecule has 3 heterocycles. The minimum atomic E-state index is -0.353. The lowest BCUT2D eigenvalue weighted by atomic mass is 10.1. The second kappa shape index (κ2) is 8.87. The van der Waals surface area contributed by atoms with E-state index in [-0.39, 0.29) is 12.7 Å². The van der Waals surface area contributed by atoms with Crippen LogP contribution in [0.1, 0.15) is 29.8 Å². The highest BCUT2D eigenvalue weighted by molar-refractivity contribution is 6.35. The molecule has 0 unspecified atom stereocenters. The third-order valence-corrected chi connectivity index (χ3v) is 5.19. The molecule has 0 saturated heterocycles. The van der Waals surface area contributed by atoms with E-state index in [1.807, 2.05) is 43.5 Å². The molecule has 0 amide bonds. The molecule has 4 rings (SSSR count). The van der Waals surface area contributed by atoms with Crippen LogP contribution >= 0.6 is 23.2 Å². The Hall–Kier alpha value is -2.87. The van der Waals surface area contributed by atoms with Crippen LogP contribution in [0.15, 0.2) is 43.0 Å². The molecule has 0 aliphatic heterocycles. The number of pyridine rings is 1. The Balaban J connectivity index is 1.57. The lowest BCUT2D eigenvalue weighted by Crippen LogP contribution is -2.05. The van der Waals surface area contributed by atoms with Crippen LogP contribution in [-0.4, -0.2) is 36.7 Å². The molecule has 0 bridgehead atoms. The predicted octanol–water partition coefficient (Wildman–Crippen LogP) is 4.76. The lowest BCUT2D eigenvalue weighted by molar-refractivity contribution is 0.227. The van der Waals surface area contributed by atoms with Crippen LogP contribution in [-0.2, 0) is 6.54 Å². The van der Waals surface area contributed by atoms with Gasteiger partial charge >= 0.3 is 0 Å². The molecule has 0 aliphatic rings. The Labute approximate surface area is 182 Å². The fraction of sp³-hybridized carbons (Fsp3) is 0.190. The van der Waals surface area contributed by atoms with Crippen LogP contribution in [0.3, 0.4) is 0 Å². The summed E-state index contributed by atoms with van der Waals surface area (Å²) in [4.78, 5) is 3.98. The van der Waals surface area contributed by atoms with Gasteiger partial charge in [0.05, 0.1) is 40.6 Å². The van der Waals surface area contributed by atoms with Crippen LogP contribution < -0.4 is 4.74 Å². The summed E-state index contributed by atoms with van der Waals surface area (Å²) in [5, 5.41) is 22.4. The highest BCUT2D eigenvalue weighted by Gasteiger charge is 2.16. The quantitative estimate of drug-likeness (QED) is 0.429. The van der Waals surface area contributed by atoms with Crippen molar-refractivity contribution >= 4 is 46.3 Å². The molecule has 2 N–H and O–H groups in total. The van der Waals surface area contributed by atoms with Crippen LogP contribution in [0.25, 0.3) is 23.1 Å². The van der Waals surface area contributed by atoms with Gasteiger partial charge in [-0.25, -0.2) is 0 Å². The molecule has 0 fully saturated rings. The summed E-state index contributed by atoms with van der Waals surface area (Å²) in [5.74, 6) is 0.672. The highest BCUT2D eigenvalue weighted by atomic mass is 35.5. The first-order valence-electron chi connectivity index (χ1n) is 9.30. The number of benzene rings is 1. The molecule has 1 atom stereocenters. The average Bonchev–Trinajstić information content (AvgIpc) is 3.33. The van der Waals surface area contributed by atoms with E-state index in [0.29, 0.717) is 27.9 Å². The van der Waals surface area contributed by atoms with E-state index in [2.05, 4.69) is 20.3 Å². The Morgan fingerprint density at radius 2 is 2.00 bits per heavy atom. The lowest BCUT2D eigenvalue weighted by Gasteiger charge is -2.17. The Morgan fingerprint density at radius 3 is 2.77 bits per heavy atom. The van der Waals surface area contributed by atoms with Gasteiger partial charge in [0.2, 0.25) is 0 Å². The minimum Gasteiger partial charge on any atom is -0.486 e. The topological polar surface area (TPSA) is 88.8 Å². The van der Waals surface area contributed by atoms with Gasteiger partial charge in [0, 0.05) is 35.1 Å². The first-order valence-corrected chi connectivity index (χ1v) is 10.1. The van der Waals surface area contributed by atoms with E-state index in [4.69, 9.17) is 33.0 Å². The zero-order valence-corrected chi connectivity index (χ0v) is 17.6. The van der Waals surface area contributed by atoms with Gasteiger partial charge in [0.1, 0.15) is 11.9 Å². The van der Waals surface area contributed by atoms with Crippen molar-refractivity contribution in [3.8, 4) is 5.75 Å². The molecule has 1 aromatic carbocycles. The first-order chi connectivity index (χ1) is 14.5. The van der Waals surface area contributed by atoms with Crippen LogP contribution in [0, 0.1) is 0 Å². The predicted molar refractivity (Wildman–Crippen MR) is 118 cm³/mol. The number of halogens is 2. The van der Waals surface area contributed by atoms with Gasteiger partial charge in [-0.1, -0.05) is 23.2 Å². The zero-order valence-electron chi connectivity index (χ0n) is 16.1. The summed E-state index contributed by atoms with van der Waals surface area (Å²) in [6, 6.07) is 5.70. The monoisotopic (exact) mass is 443 g/mol. The Bertz CT molecular complexity index is 1180. The van der Waals surface area contributed by atoms with Gasteiger partial charge in [-0.15, -0.1) is 0 Å². The molecule has 0 aliphatic carbocycles. The maximum Gasteiger partial charge on any atom is 0.124 e. The van der Waals surface area contributed by atoms with Crippen LogP contribution in [0.5, 0.6) is 5.75 Å². The van der Waals surface area contributed by atoms with Crippen molar-refractivity contribution in [3.63, 3.8) is 0 Å². The fourth-order valence-electron chi connectivity index (χ4n) is 3.15. The molecular formula is C21H19Cl2N5O2. The number of H-pyrrole nitrogens is 1. The maximum atomic E-state index is 9.00. The first kappa shape index (κ1) is 20.4. The van der Waals surface area contributed by atoms with Crippen LogP contribution in [0.2, 0.25) is 10.0 Å². The molecule has 30 heavy (non-hydrogen) atoms. The molecule has 9 heteroatoms. The van der Waals surface area contributed by atoms with E-state index in [0.717, 1.165) is 22.2 Å². The third-order valence-electron chi connectivity index (χ3n) is 4.59. The molecule has 0 saturated carbocycles. The number of nitrogens with zero attached hydrogens (tertiary/aromatic N) is 4. The normalized spacial score (nSPS) is 12.7. The second-order valence-electron chi connectivity index (χ2n) is 6.69. The summed E-state index contributed by atoms with van der Waals surface area (Å²) in [6.45, 7) is 2.40. The van der Waals surface area contributed by atoms with Gasteiger partial charge in [0.25, 0.3) is 0 Å². The maximum absolute atomic E-state index is 9.00. The molecule has 0 spiro atoms. The largest absolute Gasteiger partial charge is 0.486 e. The van der Waals surface area contributed by atoms with Gasteiger partial charge in [-0.3, -0.25) is 14.8 Å². The van der Waals surface area contributed by atoms with E-state index in [9.17, 15) is 0 Å². The van der Waals surface area contributed by atoms with Crippen molar-refractivity contribution < 1.29 is 9.84 Å². The molecule has 4 aromatic rings. The zero-order chi connectivity index (χ0) is 21.1. The number of aliphatic hydroxyl groups is 1. The molecule has 7 nitrogen and oxygen atoms in total. The summed E-state index contributed by atoms with van der Waals surface area (Å²) in [6.07, 6.45) is 10.2. The number of hydrogen-bond donors (Lipinski definition) is 2. The van der Waals surface area contributed by atoms with Crippen molar-refractivity contribution in [2.45, 2.75) is 19.6 Å². The Kier molecular flexibility index (Phi) is 6.03. The number of rotatable bonds is 7. The van der Waals surface area contributed by atoms with E-state index in [1.54, 1.807) is 23.3 Å². The van der Waals surface area contributed by atoms with E-state index in [1.165, 1.54) is 0 Å². The summed E-state index contributed by atoms with van der Waals surface area (Å²) in [7, 11) is 0. The Morgan fingerprint density at radius 1 is 1.20 bits per heavy atom. The molecule has 3 aromatic heterocycles. The fourth-order valence-corrected chi connectivity index (χ4v) is 3.82. The summed E-state index contributed by atoms with van der Waals surface area (Å²) in [5.41, 5.74) is 3.28. The van der Waals surface area contributed by atoms with Crippen LogP contribution in [0.4, 0.5) is 0 Å². The number of aromatic nitrogens is 5. The number of hydrogen-bond acceptors (Lipinski definition) is 5. The van der Waals surface area contributed by atoms with Gasteiger partial charge < -0.3 is 9.84 Å². The van der Waals surface area contributed by atoms with E-state index < -0.39 is 0 Å². The van der Waals surface area contributed by atoms with Gasteiger partial charge in [0.15, 0.2) is 0 Å². The summed E-state index contributed by atoms with van der Waals surface area (Å²) >= 11 is 12.5. The van der Waals surface area contributed by atoms with Crippen molar-refractivity contribution in [2.24, 2.45) is 0 Å². The molecular weight excluding hydrogens is 425 g/mol. The van der Waals surface area contributed by atoms with Crippen molar-refractivity contribution in [2.75, 3.05) is 6.61 Å². The van der Waals surface area contributed by atoms with E-state index >= 15 is 0 Å². The second-order valence-corrected chi connectivity index (χ2v) is 7.50. The number of aliphatic hydroxyl groups excluding tert-OH is 1. The smallest absolute Gasteiger partial charge is 0.124 e. The molecule has 154 valence electrons. The number of nitrogens with one attached hydrogen (secondary N) is 1. The highest BCUT2D eigenvalue weighted by Crippen LogP contribution is 2.33. The summed E-state index contributed by atoms with van der Waals surface area (Å²) < 4.78 is 7.77. The van der Waals surface area contributed by atoms with Crippen molar-refractivity contribution in [1.29, 1.82) is 0 Å². The number of fused-ring (bicyclic) bond motifs is 1. The SMILES string of the molecule is C[C@@H](Oc1ccc2[nH]nc(C=Cc3cnn(CCO)c3)c2c1)c1c(Cl)cncc1Cl. The van der Waals surface area contributed by atoms with Crippen molar-refractivity contribution in [3.05, 3.63) is 69.9 Å². The number of ether oxygens (including phenoxy) is 1. The molecule has 0 radical (unpaired) electrons. The average molecular weight is 444 g/mol. The van der Waals surface area contributed by atoms with Gasteiger partial charge in [-0.2, -0.15) is 10.2 Å². The van der Waals surface area contributed by atoms with Gasteiger partial charge in [-0.05, 0) is 37.3 Å².